The van der Waals surface area contributed by atoms with Gasteiger partial charge in [0.15, 0.2) is 0 Å². The molecule has 0 aromatic rings. The van der Waals surface area contributed by atoms with Gasteiger partial charge in [-0.05, 0) is 57.3 Å². The molecule has 0 spiro atoms. The molecule has 0 aliphatic heterocycles. The van der Waals surface area contributed by atoms with Crippen molar-refractivity contribution in [1.29, 1.82) is 5.26 Å². The Bertz CT molecular complexity index is 421. The SMILES string of the molecule is CCCCCCOC1CCC(N/N=C2\CCC(C#N)CC2C)CC1. The summed E-state index contributed by atoms with van der Waals surface area (Å²) in [5, 5.41) is 13.7. The van der Waals surface area contributed by atoms with E-state index in [0.29, 0.717) is 18.1 Å². The van der Waals surface area contributed by atoms with E-state index in [1.807, 2.05) is 0 Å². The number of ether oxygens (including phenoxy) is 1. The summed E-state index contributed by atoms with van der Waals surface area (Å²) >= 11 is 0. The highest BCUT2D eigenvalue weighted by Crippen LogP contribution is 2.27. The van der Waals surface area contributed by atoms with Crippen LogP contribution in [-0.2, 0) is 4.74 Å². The minimum atomic E-state index is 0.226. The Hall–Kier alpha value is -1.08. The molecule has 136 valence electrons. The first kappa shape index (κ1) is 19.2. The molecule has 0 bridgehead atoms. The van der Waals surface area contributed by atoms with Crippen LogP contribution in [0.2, 0.25) is 0 Å². The lowest BCUT2D eigenvalue weighted by Gasteiger charge is -2.29. The van der Waals surface area contributed by atoms with Gasteiger partial charge >= 0.3 is 0 Å². The summed E-state index contributed by atoms with van der Waals surface area (Å²) in [5.41, 5.74) is 4.67. The maximum Gasteiger partial charge on any atom is 0.0656 e. The zero-order valence-corrected chi connectivity index (χ0v) is 15.6. The quantitative estimate of drug-likeness (QED) is 0.513. The van der Waals surface area contributed by atoms with Gasteiger partial charge in [0.2, 0.25) is 0 Å². The average molecular weight is 334 g/mol. The van der Waals surface area contributed by atoms with E-state index in [0.717, 1.165) is 51.6 Å². The van der Waals surface area contributed by atoms with Crippen molar-refractivity contribution in [3.8, 4) is 6.07 Å². The third-order valence-corrected chi connectivity index (χ3v) is 5.55. The Balaban J connectivity index is 1.61. The van der Waals surface area contributed by atoms with Crippen molar-refractivity contribution < 1.29 is 4.74 Å². The molecular formula is C20H35N3O. The monoisotopic (exact) mass is 333 g/mol. The van der Waals surface area contributed by atoms with Crippen molar-refractivity contribution in [2.45, 2.75) is 96.6 Å². The van der Waals surface area contributed by atoms with Gasteiger partial charge in [0.1, 0.15) is 0 Å². The van der Waals surface area contributed by atoms with Gasteiger partial charge in [-0.1, -0.05) is 33.1 Å². The molecule has 0 heterocycles. The van der Waals surface area contributed by atoms with Crippen molar-refractivity contribution in [3.05, 3.63) is 0 Å². The Morgan fingerprint density at radius 2 is 1.96 bits per heavy atom. The van der Waals surface area contributed by atoms with E-state index in [4.69, 9.17) is 15.1 Å². The predicted octanol–water partition coefficient (Wildman–Crippen LogP) is 4.80. The molecular weight excluding hydrogens is 298 g/mol. The average Bonchev–Trinajstić information content (AvgIpc) is 2.61. The summed E-state index contributed by atoms with van der Waals surface area (Å²) in [4.78, 5) is 0. The largest absolute Gasteiger partial charge is 0.378 e. The first-order chi connectivity index (χ1) is 11.7. The second-order valence-corrected chi connectivity index (χ2v) is 7.64. The van der Waals surface area contributed by atoms with Crippen LogP contribution in [-0.4, -0.2) is 24.5 Å². The lowest BCUT2D eigenvalue weighted by atomic mass is 9.82. The molecule has 2 aliphatic carbocycles. The first-order valence-corrected chi connectivity index (χ1v) is 10.1. The van der Waals surface area contributed by atoms with Gasteiger partial charge in [0.25, 0.3) is 0 Å². The molecule has 1 N–H and O–H groups in total. The summed E-state index contributed by atoms with van der Waals surface area (Å²) in [6.45, 7) is 5.38. The Morgan fingerprint density at radius 1 is 1.17 bits per heavy atom. The normalized spacial score (nSPS) is 32.5. The summed E-state index contributed by atoms with van der Waals surface area (Å²) in [6, 6.07) is 2.90. The van der Waals surface area contributed by atoms with Gasteiger partial charge in [-0.25, -0.2) is 0 Å². The first-order valence-electron chi connectivity index (χ1n) is 10.1. The van der Waals surface area contributed by atoms with Crippen LogP contribution in [0.5, 0.6) is 0 Å². The molecule has 4 nitrogen and oxygen atoms in total. The number of rotatable bonds is 8. The maximum atomic E-state index is 9.04. The zero-order chi connectivity index (χ0) is 17.2. The van der Waals surface area contributed by atoms with E-state index in [-0.39, 0.29) is 5.92 Å². The smallest absolute Gasteiger partial charge is 0.0656 e. The van der Waals surface area contributed by atoms with E-state index < -0.39 is 0 Å². The highest BCUT2D eigenvalue weighted by Gasteiger charge is 2.25. The number of hydrazone groups is 1. The van der Waals surface area contributed by atoms with Gasteiger partial charge < -0.3 is 10.2 Å². The van der Waals surface area contributed by atoms with Crippen LogP contribution >= 0.6 is 0 Å². The minimum absolute atomic E-state index is 0.226. The standard InChI is InChI=1S/C20H35N3O/c1-3-4-5-6-13-24-19-10-8-18(9-11-19)22-23-20-12-7-17(15-21)14-16(20)2/h16-19,22H,3-14H2,1-2H3/b23-20+. The fourth-order valence-corrected chi connectivity index (χ4v) is 3.84. The summed E-state index contributed by atoms with van der Waals surface area (Å²) in [6.07, 6.45) is 13.1. The summed E-state index contributed by atoms with van der Waals surface area (Å²) in [7, 11) is 0. The third kappa shape index (κ3) is 6.43. The molecule has 0 amide bonds. The van der Waals surface area contributed by atoms with Crippen molar-refractivity contribution in [3.63, 3.8) is 0 Å². The molecule has 2 atom stereocenters. The molecule has 0 radical (unpaired) electrons. The lowest BCUT2D eigenvalue weighted by Crippen LogP contribution is -2.34. The van der Waals surface area contributed by atoms with E-state index in [1.165, 1.54) is 31.4 Å². The van der Waals surface area contributed by atoms with Gasteiger partial charge in [0.05, 0.1) is 12.2 Å². The Morgan fingerprint density at radius 3 is 2.62 bits per heavy atom. The van der Waals surface area contributed by atoms with Crippen LogP contribution in [0.25, 0.3) is 0 Å². The fraction of sp³-hybridized carbons (Fsp3) is 0.900. The second kappa shape index (κ2) is 10.7. The van der Waals surface area contributed by atoms with E-state index in [2.05, 4.69) is 25.3 Å². The number of nitrogens with one attached hydrogen (secondary N) is 1. The van der Waals surface area contributed by atoms with Crippen molar-refractivity contribution in [2.75, 3.05) is 6.61 Å². The number of hydrogen-bond donors (Lipinski definition) is 1. The van der Waals surface area contributed by atoms with E-state index in [1.54, 1.807) is 0 Å². The minimum Gasteiger partial charge on any atom is -0.378 e. The van der Waals surface area contributed by atoms with Gasteiger partial charge in [-0.2, -0.15) is 10.4 Å². The van der Waals surface area contributed by atoms with Crippen LogP contribution in [0, 0.1) is 23.2 Å². The van der Waals surface area contributed by atoms with Gasteiger partial charge in [-0.3, -0.25) is 0 Å². The molecule has 24 heavy (non-hydrogen) atoms. The zero-order valence-electron chi connectivity index (χ0n) is 15.6. The van der Waals surface area contributed by atoms with Gasteiger partial charge in [-0.15, -0.1) is 0 Å². The molecule has 4 heteroatoms. The summed E-state index contributed by atoms with van der Waals surface area (Å²) in [5.74, 6) is 0.669. The number of nitriles is 1. The molecule has 2 rings (SSSR count). The van der Waals surface area contributed by atoms with E-state index >= 15 is 0 Å². The van der Waals surface area contributed by atoms with Crippen LogP contribution in [0.3, 0.4) is 0 Å². The lowest BCUT2D eigenvalue weighted by molar-refractivity contribution is 0.0206. The van der Waals surface area contributed by atoms with Crippen LogP contribution in [0.4, 0.5) is 0 Å². The number of unbranched alkanes of at least 4 members (excludes halogenated alkanes) is 3. The number of nitrogens with zero attached hydrogens (tertiary/aromatic N) is 2. The molecule has 0 saturated heterocycles. The van der Waals surface area contributed by atoms with E-state index in [9.17, 15) is 0 Å². The maximum absolute atomic E-state index is 9.04. The Kier molecular flexibility index (Phi) is 8.59. The fourth-order valence-electron chi connectivity index (χ4n) is 3.84. The highest BCUT2D eigenvalue weighted by molar-refractivity contribution is 5.87. The molecule has 2 fully saturated rings. The second-order valence-electron chi connectivity index (χ2n) is 7.64. The van der Waals surface area contributed by atoms with Gasteiger partial charge in [0, 0.05) is 24.3 Å². The van der Waals surface area contributed by atoms with Crippen molar-refractivity contribution >= 4 is 5.71 Å². The third-order valence-electron chi connectivity index (χ3n) is 5.55. The predicted molar refractivity (Wildman–Crippen MR) is 98.8 cm³/mol. The summed E-state index contributed by atoms with van der Waals surface area (Å²) < 4.78 is 6.02. The molecule has 2 unspecified atom stereocenters. The van der Waals surface area contributed by atoms with Crippen molar-refractivity contribution in [2.24, 2.45) is 16.9 Å². The Labute approximate surface area is 148 Å². The van der Waals surface area contributed by atoms with Crippen LogP contribution in [0.15, 0.2) is 5.10 Å². The number of hydrogen-bond acceptors (Lipinski definition) is 4. The van der Waals surface area contributed by atoms with Crippen LogP contribution in [0.1, 0.15) is 84.5 Å². The molecule has 0 aromatic carbocycles. The molecule has 0 aromatic heterocycles. The van der Waals surface area contributed by atoms with Crippen LogP contribution < -0.4 is 5.43 Å². The molecule has 2 aliphatic rings. The molecule has 2 saturated carbocycles. The topological polar surface area (TPSA) is 57.4 Å². The van der Waals surface area contributed by atoms with Crippen molar-refractivity contribution in [1.82, 2.24) is 5.43 Å². The highest BCUT2D eigenvalue weighted by atomic mass is 16.5.